The fourth-order valence-corrected chi connectivity index (χ4v) is 1.06. The first kappa shape index (κ1) is 16.9. The molecule has 0 aromatic carbocycles. The van der Waals surface area contributed by atoms with E-state index in [0.717, 1.165) is 0 Å². The van der Waals surface area contributed by atoms with Crippen LogP contribution in [0.4, 0.5) is 35.1 Å². The molecule has 0 saturated carbocycles. The summed E-state index contributed by atoms with van der Waals surface area (Å²) in [5, 5.41) is 0. The van der Waals surface area contributed by atoms with Gasteiger partial charge < -0.3 is 4.90 Å². The van der Waals surface area contributed by atoms with E-state index in [1.165, 1.54) is 6.92 Å². The second kappa shape index (κ2) is 5.27. The van der Waals surface area contributed by atoms with Crippen LogP contribution in [-0.4, -0.2) is 42.2 Å². The lowest BCUT2D eigenvalue weighted by molar-refractivity contribution is -0.276. The lowest BCUT2D eigenvalue weighted by atomic mass is 10.2. The molecule has 0 aromatic rings. The Hall–Kier alpha value is -1.09. The van der Waals surface area contributed by atoms with E-state index >= 15 is 0 Å². The Morgan fingerprint density at radius 1 is 1.00 bits per heavy atom. The van der Waals surface area contributed by atoms with Crippen molar-refractivity contribution in [1.29, 1.82) is 0 Å². The molecule has 0 N–H and O–H groups in total. The number of hydrogen-bond acceptors (Lipinski definition) is 1. The molecule has 0 aromatic heterocycles. The molecule has 1 amide bonds. The minimum absolute atomic E-state index is 0.185. The second-order valence-corrected chi connectivity index (χ2v) is 3.41. The standard InChI is InChI=1S/C8H9F8NO/c1-2-3-17(4-6(9,10)11)5(18)7(12,13)8(14,15)16/h2-4H2,1H3. The predicted octanol–water partition coefficient (Wildman–Crippen LogP) is 2.98. The molecule has 0 aliphatic heterocycles. The van der Waals surface area contributed by atoms with Gasteiger partial charge in [0.05, 0.1) is 0 Å². The Balaban J connectivity index is 5.09. The molecular weight excluding hydrogens is 278 g/mol. The van der Waals surface area contributed by atoms with Crippen molar-refractivity contribution in [1.82, 2.24) is 4.90 Å². The molecule has 18 heavy (non-hydrogen) atoms. The Bertz CT molecular complexity index is 294. The van der Waals surface area contributed by atoms with E-state index in [-0.39, 0.29) is 6.42 Å². The molecule has 10 heteroatoms. The Morgan fingerprint density at radius 3 is 1.72 bits per heavy atom. The van der Waals surface area contributed by atoms with Gasteiger partial charge in [-0.3, -0.25) is 4.79 Å². The smallest absolute Gasteiger partial charge is 0.328 e. The summed E-state index contributed by atoms with van der Waals surface area (Å²) >= 11 is 0. The fraction of sp³-hybridized carbons (Fsp3) is 0.875. The zero-order chi connectivity index (χ0) is 14.8. The molecule has 0 unspecified atom stereocenters. The van der Waals surface area contributed by atoms with E-state index in [1.54, 1.807) is 0 Å². The first-order chi connectivity index (χ1) is 7.83. The number of carbonyl (C=O) groups is 1. The SMILES string of the molecule is CCCN(CC(F)(F)F)C(=O)C(F)(F)C(F)(F)F. The van der Waals surface area contributed by atoms with Crippen molar-refractivity contribution < 1.29 is 39.9 Å². The third-order valence-corrected chi connectivity index (χ3v) is 1.78. The van der Waals surface area contributed by atoms with Gasteiger partial charge in [-0.25, -0.2) is 0 Å². The number of amides is 1. The summed E-state index contributed by atoms with van der Waals surface area (Å²) in [6.45, 7) is -1.75. The quantitative estimate of drug-likeness (QED) is 0.728. The lowest BCUT2D eigenvalue weighted by Crippen LogP contribution is -2.54. The maximum absolute atomic E-state index is 12.6. The molecule has 0 saturated heterocycles. The van der Waals surface area contributed by atoms with Crippen LogP contribution in [-0.2, 0) is 4.79 Å². The molecule has 0 spiro atoms. The molecule has 2 nitrogen and oxygen atoms in total. The van der Waals surface area contributed by atoms with Crippen molar-refractivity contribution in [3.63, 3.8) is 0 Å². The van der Waals surface area contributed by atoms with Crippen molar-refractivity contribution in [2.24, 2.45) is 0 Å². The van der Waals surface area contributed by atoms with Gasteiger partial charge in [0, 0.05) is 6.54 Å². The Labute approximate surface area is 96.5 Å². The lowest BCUT2D eigenvalue weighted by Gasteiger charge is -2.28. The highest BCUT2D eigenvalue weighted by Crippen LogP contribution is 2.37. The molecule has 0 aliphatic rings. The Morgan fingerprint density at radius 2 is 1.44 bits per heavy atom. The zero-order valence-electron chi connectivity index (χ0n) is 9.00. The summed E-state index contributed by atoms with van der Waals surface area (Å²) in [5.74, 6) is -8.72. The number of alkyl halides is 8. The van der Waals surface area contributed by atoms with Gasteiger partial charge in [-0.15, -0.1) is 0 Å². The number of carbonyl (C=O) groups excluding carboxylic acids is 1. The van der Waals surface area contributed by atoms with E-state index in [0.29, 0.717) is 0 Å². The number of rotatable bonds is 4. The van der Waals surface area contributed by atoms with Crippen LogP contribution >= 0.6 is 0 Å². The average molecular weight is 287 g/mol. The topological polar surface area (TPSA) is 20.3 Å². The number of hydrogen-bond donors (Lipinski definition) is 0. The minimum Gasteiger partial charge on any atom is -0.328 e. The first-order valence-corrected chi connectivity index (χ1v) is 4.63. The molecule has 0 radical (unpaired) electrons. The van der Waals surface area contributed by atoms with Gasteiger partial charge in [0.2, 0.25) is 0 Å². The summed E-state index contributed by atoms with van der Waals surface area (Å²) in [6.07, 6.45) is -11.5. The van der Waals surface area contributed by atoms with Gasteiger partial charge in [-0.2, -0.15) is 35.1 Å². The molecule has 108 valence electrons. The maximum Gasteiger partial charge on any atom is 0.463 e. The molecule has 0 fully saturated rings. The van der Waals surface area contributed by atoms with Gasteiger partial charge in [-0.1, -0.05) is 6.92 Å². The van der Waals surface area contributed by atoms with Gasteiger partial charge in [0.25, 0.3) is 0 Å². The van der Waals surface area contributed by atoms with Gasteiger partial charge >= 0.3 is 24.2 Å². The zero-order valence-corrected chi connectivity index (χ0v) is 9.00. The molecule has 0 heterocycles. The molecule has 0 atom stereocenters. The van der Waals surface area contributed by atoms with E-state index in [1.807, 2.05) is 0 Å². The predicted molar refractivity (Wildman–Crippen MR) is 43.9 cm³/mol. The highest BCUT2D eigenvalue weighted by molar-refractivity contribution is 5.84. The van der Waals surface area contributed by atoms with Crippen LogP contribution in [0.2, 0.25) is 0 Å². The fourth-order valence-electron chi connectivity index (χ4n) is 1.06. The molecule has 0 rings (SSSR count). The van der Waals surface area contributed by atoms with E-state index in [2.05, 4.69) is 0 Å². The van der Waals surface area contributed by atoms with Crippen LogP contribution in [0, 0.1) is 0 Å². The monoisotopic (exact) mass is 287 g/mol. The molecular formula is C8H9F8NO. The van der Waals surface area contributed by atoms with Crippen LogP contribution in [0.5, 0.6) is 0 Å². The van der Waals surface area contributed by atoms with Crippen molar-refractivity contribution in [2.45, 2.75) is 31.6 Å². The average Bonchev–Trinajstić information content (AvgIpc) is 2.12. The van der Waals surface area contributed by atoms with Crippen molar-refractivity contribution in [3.8, 4) is 0 Å². The summed E-state index contributed by atoms with van der Waals surface area (Å²) in [5.41, 5.74) is 0. The summed E-state index contributed by atoms with van der Waals surface area (Å²) in [4.78, 5) is 10.3. The third kappa shape index (κ3) is 4.30. The molecule has 0 aliphatic carbocycles. The number of nitrogens with zero attached hydrogens (tertiary/aromatic N) is 1. The third-order valence-electron chi connectivity index (χ3n) is 1.78. The van der Waals surface area contributed by atoms with Crippen LogP contribution in [0.15, 0.2) is 0 Å². The largest absolute Gasteiger partial charge is 0.463 e. The second-order valence-electron chi connectivity index (χ2n) is 3.41. The van der Waals surface area contributed by atoms with Crippen molar-refractivity contribution in [2.75, 3.05) is 13.1 Å². The molecule has 0 bridgehead atoms. The van der Waals surface area contributed by atoms with Crippen LogP contribution in [0.1, 0.15) is 13.3 Å². The van der Waals surface area contributed by atoms with E-state index in [9.17, 15) is 39.9 Å². The summed E-state index contributed by atoms with van der Waals surface area (Å²) in [6, 6.07) is 0. The highest BCUT2D eigenvalue weighted by atomic mass is 19.4. The van der Waals surface area contributed by atoms with Gasteiger partial charge in [0.15, 0.2) is 0 Å². The highest BCUT2D eigenvalue weighted by Gasteiger charge is 2.65. The maximum atomic E-state index is 12.6. The van der Waals surface area contributed by atoms with Crippen LogP contribution < -0.4 is 0 Å². The van der Waals surface area contributed by atoms with Crippen molar-refractivity contribution >= 4 is 5.91 Å². The summed E-state index contributed by atoms with van der Waals surface area (Å²) < 4.78 is 96.6. The van der Waals surface area contributed by atoms with Gasteiger partial charge in [-0.05, 0) is 6.42 Å². The van der Waals surface area contributed by atoms with Crippen LogP contribution in [0.3, 0.4) is 0 Å². The van der Waals surface area contributed by atoms with Crippen LogP contribution in [0.25, 0.3) is 0 Å². The van der Waals surface area contributed by atoms with E-state index < -0.39 is 42.2 Å². The number of halogens is 8. The normalized spacial score (nSPS) is 13.6. The summed E-state index contributed by atoms with van der Waals surface area (Å²) in [7, 11) is 0. The first-order valence-electron chi connectivity index (χ1n) is 4.63. The minimum atomic E-state index is -6.22. The van der Waals surface area contributed by atoms with E-state index in [4.69, 9.17) is 0 Å². The van der Waals surface area contributed by atoms with Gasteiger partial charge in [0.1, 0.15) is 6.54 Å². The van der Waals surface area contributed by atoms with Crippen molar-refractivity contribution in [3.05, 3.63) is 0 Å². The Kier molecular flexibility index (Phi) is 4.95.